The molecule has 0 aromatic rings. The second kappa shape index (κ2) is 9.63. The van der Waals surface area contributed by atoms with Crippen molar-refractivity contribution in [1.29, 1.82) is 0 Å². The molecule has 0 spiro atoms. The summed E-state index contributed by atoms with van der Waals surface area (Å²) in [6, 6.07) is 0. The number of carbonyl (C=O) groups excluding carboxylic acids is 1. The fourth-order valence-corrected chi connectivity index (χ4v) is 1.18. The third-order valence-electron chi connectivity index (χ3n) is 1.77. The fraction of sp³-hybridized carbons (Fsp3) is 0.875. The van der Waals surface area contributed by atoms with Crippen molar-refractivity contribution in [3.8, 4) is 0 Å². The lowest BCUT2D eigenvalue weighted by Gasteiger charge is -2.15. The van der Waals surface area contributed by atoms with E-state index in [2.05, 4.69) is 13.3 Å². The molecular formula is C8H18IN3O2. The third kappa shape index (κ3) is 8.67. The van der Waals surface area contributed by atoms with Crippen molar-refractivity contribution in [2.75, 3.05) is 39.8 Å². The largest absolute Gasteiger partial charge is 0.394 e. The highest BCUT2D eigenvalue weighted by Crippen LogP contribution is 1.90. The Morgan fingerprint density at radius 3 is 2.79 bits per heavy atom. The maximum absolute atomic E-state index is 10.7. The van der Waals surface area contributed by atoms with Crippen molar-refractivity contribution in [2.45, 2.75) is 6.42 Å². The molecule has 0 atom stereocenters. The minimum Gasteiger partial charge on any atom is -0.394 e. The monoisotopic (exact) mass is 315 g/mol. The molecule has 0 aliphatic heterocycles. The summed E-state index contributed by atoms with van der Waals surface area (Å²) in [6.07, 6.45) is 0.420. The highest BCUT2D eigenvalue weighted by atomic mass is 127. The molecule has 0 unspecified atom stereocenters. The molecule has 0 fully saturated rings. The average molecular weight is 315 g/mol. The molecule has 3 N–H and O–H groups in total. The minimum atomic E-state index is -0.187. The summed E-state index contributed by atoms with van der Waals surface area (Å²) in [5.74, 6) is -0.187. The van der Waals surface area contributed by atoms with Crippen LogP contribution in [-0.2, 0) is 7.86 Å². The zero-order valence-corrected chi connectivity index (χ0v) is 10.6. The number of halogens is 1. The van der Waals surface area contributed by atoms with Crippen molar-refractivity contribution in [3.05, 3.63) is 0 Å². The van der Waals surface area contributed by atoms with E-state index < -0.39 is 0 Å². The summed E-state index contributed by atoms with van der Waals surface area (Å²) in [5.41, 5.74) is 5.39. The van der Waals surface area contributed by atoms with Crippen LogP contribution in [0.15, 0.2) is 0 Å². The van der Waals surface area contributed by atoms with Gasteiger partial charge in [-0.1, -0.05) is 0 Å². The molecule has 14 heavy (non-hydrogen) atoms. The van der Waals surface area contributed by atoms with Crippen LogP contribution in [0.25, 0.3) is 0 Å². The van der Waals surface area contributed by atoms with E-state index in [-0.39, 0.29) is 5.97 Å². The summed E-state index contributed by atoms with van der Waals surface area (Å²) in [4.78, 5) is 12.9. The number of hydrogen-bond donors (Lipinski definition) is 2. The number of likely N-dealkylation sites (N-methyl/N-ethyl adjacent to an activating group) is 1. The fourth-order valence-electron chi connectivity index (χ4n) is 0.956. The van der Waals surface area contributed by atoms with E-state index in [1.807, 2.05) is 7.05 Å². The number of rotatable bonds is 8. The van der Waals surface area contributed by atoms with E-state index in [4.69, 9.17) is 5.73 Å². The number of hydrogen-bond acceptors (Lipinski definition) is 5. The van der Waals surface area contributed by atoms with Crippen LogP contribution in [0, 0.1) is 0 Å². The van der Waals surface area contributed by atoms with Crippen LogP contribution >= 0.6 is 23.0 Å². The van der Waals surface area contributed by atoms with Gasteiger partial charge >= 0.3 is 5.97 Å². The molecule has 0 amide bonds. The van der Waals surface area contributed by atoms with Crippen LogP contribution in [0.1, 0.15) is 6.42 Å². The summed E-state index contributed by atoms with van der Waals surface area (Å²) >= 11 is 1.60. The van der Waals surface area contributed by atoms with Gasteiger partial charge in [0, 0.05) is 32.7 Å². The smallest absolute Gasteiger partial charge is 0.316 e. The maximum Gasteiger partial charge on any atom is 0.316 e. The molecule has 6 heteroatoms. The molecule has 0 aromatic carbocycles. The molecule has 0 saturated heterocycles. The van der Waals surface area contributed by atoms with Crippen LogP contribution in [0.2, 0.25) is 0 Å². The molecule has 0 saturated carbocycles. The first kappa shape index (κ1) is 14.1. The van der Waals surface area contributed by atoms with Gasteiger partial charge in [0.1, 0.15) is 0 Å². The van der Waals surface area contributed by atoms with Crippen molar-refractivity contribution < 1.29 is 7.86 Å². The first-order valence-electron chi connectivity index (χ1n) is 4.61. The van der Waals surface area contributed by atoms with Gasteiger partial charge in [-0.15, -0.1) is 0 Å². The van der Waals surface area contributed by atoms with Gasteiger partial charge in [0.05, 0.1) is 6.42 Å². The Kier molecular flexibility index (Phi) is 9.68. The lowest BCUT2D eigenvalue weighted by molar-refractivity contribution is -0.131. The van der Waals surface area contributed by atoms with Gasteiger partial charge in [0.2, 0.25) is 0 Å². The van der Waals surface area contributed by atoms with E-state index in [9.17, 15) is 4.79 Å². The van der Waals surface area contributed by atoms with Crippen LogP contribution in [0.3, 0.4) is 0 Å². The Morgan fingerprint density at radius 1 is 1.50 bits per heavy atom. The standard InChI is InChI=1S/C8H18IN3O2/c1-12(6-3-10)7-5-11-4-2-8(13)14-9/h11H,2-7,10H2,1H3. The molecule has 0 bridgehead atoms. The average Bonchev–Trinajstić information content (AvgIpc) is 2.17. The van der Waals surface area contributed by atoms with Crippen LogP contribution in [0.5, 0.6) is 0 Å². The van der Waals surface area contributed by atoms with Crippen LogP contribution in [-0.4, -0.2) is 50.6 Å². The zero-order chi connectivity index (χ0) is 10.8. The van der Waals surface area contributed by atoms with Crippen LogP contribution in [0.4, 0.5) is 0 Å². The molecule has 0 aromatic heterocycles. The SMILES string of the molecule is CN(CCN)CCNCCC(=O)OI. The van der Waals surface area contributed by atoms with Crippen molar-refractivity contribution in [3.63, 3.8) is 0 Å². The molecule has 0 rings (SSSR count). The van der Waals surface area contributed by atoms with Gasteiger partial charge < -0.3 is 19.0 Å². The summed E-state index contributed by atoms with van der Waals surface area (Å²) in [6.45, 7) is 4.05. The third-order valence-corrected chi connectivity index (χ3v) is 2.26. The highest BCUT2D eigenvalue weighted by Gasteiger charge is 2.00. The molecule has 0 aliphatic carbocycles. The quantitative estimate of drug-likeness (QED) is 0.478. The van der Waals surface area contributed by atoms with E-state index in [0.29, 0.717) is 19.5 Å². The first-order chi connectivity index (χ1) is 6.70. The molecule has 0 heterocycles. The molecule has 0 aliphatic rings. The van der Waals surface area contributed by atoms with Crippen molar-refractivity contribution in [2.24, 2.45) is 5.73 Å². The topological polar surface area (TPSA) is 67.6 Å². The molecule has 84 valence electrons. The summed E-state index contributed by atoms with van der Waals surface area (Å²) in [7, 11) is 2.02. The predicted molar refractivity (Wildman–Crippen MR) is 64.2 cm³/mol. The van der Waals surface area contributed by atoms with Gasteiger partial charge in [-0.3, -0.25) is 4.79 Å². The highest BCUT2D eigenvalue weighted by molar-refractivity contribution is 14.1. The van der Waals surface area contributed by atoms with E-state index in [1.165, 1.54) is 0 Å². The van der Waals surface area contributed by atoms with Gasteiger partial charge in [0.15, 0.2) is 23.0 Å². The summed E-state index contributed by atoms with van der Waals surface area (Å²) < 4.78 is 4.48. The van der Waals surface area contributed by atoms with Crippen molar-refractivity contribution >= 4 is 29.0 Å². The number of nitrogens with two attached hydrogens (primary N) is 1. The predicted octanol–water partition coefficient (Wildman–Crippen LogP) is -0.250. The molecular weight excluding hydrogens is 297 g/mol. The Morgan fingerprint density at radius 2 is 2.21 bits per heavy atom. The second-order valence-corrected chi connectivity index (χ2v) is 3.48. The van der Waals surface area contributed by atoms with Gasteiger partial charge in [0.25, 0.3) is 0 Å². The van der Waals surface area contributed by atoms with Gasteiger partial charge in [-0.05, 0) is 7.05 Å². The Balaban J connectivity index is 3.17. The lowest BCUT2D eigenvalue weighted by Crippen LogP contribution is -2.33. The van der Waals surface area contributed by atoms with E-state index >= 15 is 0 Å². The Hall–Kier alpha value is 0.0800. The van der Waals surface area contributed by atoms with Crippen LogP contribution < -0.4 is 11.1 Å². The summed E-state index contributed by atoms with van der Waals surface area (Å²) in [5, 5.41) is 3.15. The van der Waals surface area contributed by atoms with E-state index in [1.54, 1.807) is 23.0 Å². The number of nitrogens with one attached hydrogen (secondary N) is 1. The molecule has 0 radical (unpaired) electrons. The number of carbonyl (C=O) groups is 1. The number of nitrogens with zero attached hydrogens (tertiary/aromatic N) is 1. The maximum atomic E-state index is 10.7. The first-order valence-corrected chi connectivity index (χ1v) is 5.49. The van der Waals surface area contributed by atoms with Gasteiger partial charge in [-0.2, -0.15) is 0 Å². The zero-order valence-electron chi connectivity index (χ0n) is 8.46. The Labute approximate surface area is 99.0 Å². The van der Waals surface area contributed by atoms with Crippen molar-refractivity contribution in [1.82, 2.24) is 10.2 Å². The second-order valence-electron chi connectivity index (χ2n) is 3.04. The Bertz CT molecular complexity index is 158. The van der Waals surface area contributed by atoms with Gasteiger partial charge in [-0.25, -0.2) is 0 Å². The lowest BCUT2D eigenvalue weighted by atomic mass is 10.4. The normalized spacial score (nSPS) is 10.6. The van der Waals surface area contributed by atoms with E-state index in [0.717, 1.165) is 19.6 Å². The minimum absolute atomic E-state index is 0.187. The molecule has 5 nitrogen and oxygen atoms in total.